The van der Waals surface area contributed by atoms with Crippen LogP contribution >= 0.6 is 23.2 Å². The molecule has 7 heteroatoms. The Hall–Kier alpha value is -1.82. The van der Waals surface area contributed by atoms with Crippen LogP contribution in [0.15, 0.2) is 42.5 Å². The van der Waals surface area contributed by atoms with E-state index in [0.29, 0.717) is 47.6 Å². The van der Waals surface area contributed by atoms with Gasteiger partial charge in [0.2, 0.25) is 5.91 Å². The molecule has 0 aromatic heterocycles. The van der Waals surface area contributed by atoms with Crippen LogP contribution in [0.2, 0.25) is 10.0 Å². The second kappa shape index (κ2) is 8.04. The summed E-state index contributed by atoms with van der Waals surface area (Å²) in [7, 11) is 0. The fourth-order valence-electron chi connectivity index (χ4n) is 2.84. The minimum absolute atomic E-state index is 0.150. The molecule has 1 amide bonds. The summed E-state index contributed by atoms with van der Waals surface area (Å²) in [5.41, 5.74) is 1.11. The molecular weight excluding hydrogens is 364 g/mol. The lowest BCUT2D eigenvalue weighted by Crippen LogP contribution is -2.48. The van der Waals surface area contributed by atoms with Crippen molar-refractivity contribution in [2.75, 3.05) is 42.9 Å². The highest BCUT2D eigenvalue weighted by molar-refractivity contribution is 6.35. The first-order valence-corrected chi connectivity index (χ1v) is 8.75. The summed E-state index contributed by atoms with van der Waals surface area (Å²) in [4.78, 5) is 16.3. The average molecular weight is 382 g/mol. The van der Waals surface area contributed by atoms with Crippen LogP contribution in [0.3, 0.4) is 0 Å². The van der Waals surface area contributed by atoms with Crippen molar-refractivity contribution in [3.63, 3.8) is 0 Å². The molecule has 1 N–H and O–H groups in total. The summed E-state index contributed by atoms with van der Waals surface area (Å²) in [6.07, 6.45) is 0. The highest BCUT2D eigenvalue weighted by atomic mass is 35.5. The number of nitrogens with zero attached hydrogens (tertiary/aromatic N) is 2. The fourth-order valence-corrected chi connectivity index (χ4v) is 3.18. The van der Waals surface area contributed by atoms with Gasteiger partial charge in [-0.2, -0.15) is 0 Å². The first kappa shape index (κ1) is 18.0. The van der Waals surface area contributed by atoms with Gasteiger partial charge in [-0.1, -0.05) is 35.3 Å². The van der Waals surface area contributed by atoms with Gasteiger partial charge in [0, 0.05) is 31.2 Å². The molecule has 0 radical (unpaired) electrons. The van der Waals surface area contributed by atoms with E-state index >= 15 is 0 Å². The molecule has 25 heavy (non-hydrogen) atoms. The van der Waals surface area contributed by atoms with Crippen molar-refractivity contribution in [3.8, 4) is 0 Å². The molecule has 3 rings (SSSR count). The molecule has 0 unspecified atom stereocenters. The Labute approximate surface area is 156 Å². The fraction of sp³-hybridized carbons (Fsp3) is 0.278. The quantitative estimate of drug-likeness (QED) is 0.872. The van der Waals surface area contributed by atoms with E-state index in [-0.39, 0.29) is 18.3 Å². The number of carbonyl (C=O) groups is 1. The second-order valence-corrected chi connectivity index (χ2v) is 6.73. The molecule has 132 valence electrons. The summed E-state index contributed by atoms with van der Waals surface area (Å²) in [6, 6.07) is 11.7. The maximum Gasteiger partial charge on any atom is 0.238 e. The Morgan fingerprint density at radius 1 is 1.08 bits per heavy atom. The van der Waals surface area contributed by atoms with Gasteiger partial charge in [-0.3, -0.25) is 9.69 Å². The maximum atomic E-state index is 13.9. The molecule has 0 atom stereocenters. The summed E-state index contributed by atoms with van der Waals surface area (Å²) in [6.45, 7) is 2.97. The number of halogens is 3. The standard InChI is InChI=1S/C18H18Cl2FN3O/c19-13-5-6-14(20)16(11-13)22-18(25)12-23-7-9-24(10-8-23)17-4-2-1-3-15(17)21/h1-6,11H,7-10,12H2,(H,22,25). The number of amides is 1. The van der Waals surface area contributed by atoms with E-state index in [0.717, 1.165) is 0 Å². The zero-order valence-corrected chi connectivity index (χ0v) is 15.0. The van der Waals surface area contributed by atoms with E-state index in [1.165, 1.54) is 6.07 Å². The van der Waals surface area contributed by atoms with Gasteiger partial charge < -0.3 is 10.2 Å². The lowest BCUT2D eigenvalue weighted by Gasteiger charge is -2.35. The first-order chi connectivity index (χ1) is 12.0. The number of piperazine rings is 1. The molecule has 2 aromatic rings. The lowest BCUT2D eigenvalue weighted by molar-refractivity contribution is -0.117. The number of carbonyl (C=O) groups excluding carboxylic acids is 1. The van der Waals surface area contributed by atoms with Crippen molar-refractivity contribution in [2.24, 2.45) is 0 Å². The second-order valence-electron chi connectivity index (χ2n) is 5.89. The summed E-state index contributed by atoms with van der Waals surface area (Å²) >= 11 is 12.0. The summed E-state index contributed by atoms with van der Waals surface area (Å²) in [5.74, 6) is -0.368. The molecule has 0 saturated carbocycles. The molecule has 1 fully saturated rings. The zero-order chi connectivity index (χ0) is 17.8. The molecule has 4 nitrogen and oxygen atoms in total. The van der Waals surface area contributed by atoms with E-state index in [2.05, 4.69) is 5.32 Å². The molecule has 2 aromatic carbocycles. The van der Waals surface area contributed by atoms with Crippen LogP contribution in [0.1, 0.15) is 0 Å². The van der Waals surface area contributed by atoms with Crippen LogP contribution in [0.4, 0.5) is 15.8 Å². The minimum Gasteiger partial charge on any atom is -0.367 e. The van der Waals surface area contributed by atoms with Crippen LogP contribution in [0, 0.1) is 5.82 Å². The van der Waals surface area contributed by atoms with E-state index in [1.54, 1.807) is 30.3 Å². The molecule has 1 aliphatic heterocycles. The lowest BCUT2D eigenvalue weighted by atomic mass is 10.2. The van der Waals surface area contributed by atoms with Crippen LogP contribution in [-0.2, 0) is 4.79 Å². The third-order valence-corrected chi connectivity index (χ3v) is 4.70. The highest BCUT2D eigenvalue weighted by Gasteiger charge is 2.21. The minimum atomic E-state index is -0.218. The number of rotatable bonds is 4. The molecule has 0 spiro atoms. The average Bonchev–Trinajstić information content (AvgIpc) is 2.59. The summed E-state index contributed by atoms with van der Waals surface area (Å²) < 4.78 is 13.9. The van der Waals surface area contributed by atoms with Gasteiger partial charge in [-0.15, -0.1) is 0 Å². The van der Waals surface area contributed by atoms with Crippen LogP contribution in [-0.4, -0.2) is 43.5 Å². The Balaban J connectivity index is 1.53. The predicted octanol–water partition coefficient (Wildman–Crippen LogP) is 3.89. The molecule has 1 saturated heterocycles. The van der Waals surface area contributed by atoms with Crippen molar-refractivity contribution in [3.05, 3.63) is 58.3 Å². The normalized spacial score (nSPS) is 15.2. The number of anilines is 2. The Kier molecular flexibility index (Phi) is 5.78. The Morgan fingerprint density at radius 3 is 2.52 bits per heavy atom. The van der Waals surface area contributed by atoms with Crippen molar-refractivity contribution in [2.45, 2.75) is 0 Å². The number of nitrogens with one attached hydrogen (secondary N) is 1. The van der Waals surface area contributed by atoms with Crippen LogP contribution < -0.4 is 10.2 Å². The van der Waals surface area contributed by atoms with Crippen molar-refractivity contribution in [1.29, 1.82) is 0 Å². The third-order valence-electron chi connectivity index (χ3n) is 4.14. The first-order valence-electron chi connectivity index (χ1n) is 7.99. The van der Waals surface area contributed by atoms with Crippen LogP contribution in [0.25, 0.3) is 0 Å². The zero-order valence-electron chi connectivity index (χ0n) is 13.5. The van der Waals surface area contributed by atoms with Gasteiger partial charge in [0.15, 0.2) is 0 Å². The number of para-hydroxylation sites is 1. The van der Waals surface area contributed by atoms with Gasteiger partial charge in [0.1, 0.15) is 5.82 Å². The molecule has 1 aliphatic rings. The van der Waals surface area contributed by atoms with E-state index in [1.807, 2.05) is 15.9 Å². The molecule has 0 aliphatic carbocycles. The monoisotopic (exact) mass is 381 g/mol. The smallest absolute Gasteiger partial charge is 0.238 e. The number of benzene rings is 2. The number of hydrogen-bond donors (Lipinski definition) is 1. The molecule has 1 heterocycles. The predicted molar refractivity (Wildman–Crippen MR) is 100 cm³/mol. The highest BCUT2D eigenvalue weighted by Crippen LogP contribution is 2.25. The largest absolute Gasteiger partial charge is 0.367 e. The van der Waals surface area contributed by atoms with E-state index < -0.39 is 0 Å². The SMILES string of the molecule is O=C(CN1CCN(c2ccccc2F)CC1)Nc1cc(Cl)ccc1Cl. The third kappa shape index (κ3) is 4.63. The Bertz CT molecular complexity index is 764. The van der Waals surface area contributed by atoms with Gasteiger partial charge in [-0.05, 0) is 30.3 Å². The van der Waals surface area contributed by atoms with Crippen LogP contribution in [0.5, 0.6) is 0 Å². The van der Waals surface area contributed by atoms with Crippen molar-refractivity contribution >= 4 is 40.5 Å². The molecular formula is C18H18Cl2FN3O. The number of hydrogen-bond acceptors (Lipinski definition) is 3. The maximum absolute atomic E-state index is 13.9. The molecule has 0 bridgehead atoms. The summed E-state index contributed by atoms with van der Waals surface area (Å²) in [5, 5.41) is 3.74. The topological polar surface area (TPSA) is 35.6 Å². The van der Waals surface area contributed by atoms with Gasteiger partial charge >= 0.3 is 0 Å². The van der Waals surface area contributed by atoms with Crippen molar-refractivity contribution < 1.29 is 9.18 Å². The van der Waals surface area contributed by atoms with Gasteiger partial charge in [0.05, 0.1) is 22.9 Å². The van der Waals surface area contributed by atoms with Gasteiger partial charge in [0.25, 0.3) is 0 Å². The van der Waals surface area contributed by atoms with E-state index in [4.69, 9.17) is 23.2 Å². The van der Waals surface area contributed by atoms with E-state index in [9.17, 15) is 9.18 Å². The Morgan fingerprint density at radius 2 is 1.80 bits per heavy atom. The van der Waals surface area contributed by atoms with Gasteiger partial charge in [-0.25, -0.2) is 4.39 Å². The van der Waals surface area contributed by atoms with Crippen molar-refractivity contribution in [1.82, 2.24) is 4.90 Å².